The zero-order valence-electron chi connectivity index (χ0n) is 15.8. The molecule has 9 heteroatoms. The number of aromatic nitrogens is 3. The third-order valence-electron chi connectivity index (χ3n) is 4.54. The molecule has 1 aliphatic rings. The van der Waals surface area contributed by atoms with Crippen molar-refractivity contribution in [3.05, 3.63) is 45.1 Å². The van der Waals surface area contributed by atoms with Gasteiger partial charge in [0.15, 0.2) is 17.7 Å². The van der Waals surface area contributed by atoms with Crippen molar-refractivity contribution in [3.63, 3.8) is 0 Å². The van der Waals surface area contributed by atoms with Gasteiger partial charge in [0, 0.05) is 27.2 Å². The third-order valence-corrected chi connectivity index (χ3v) is 4.54. The number of rotatable bonds is 7. The van der Waals surface area contributed by atoms with E-state index >= 15 is 0 Å². The van der Waals surface area contributed by atoms with Crippen LogP contribution in [0.1, 0.15) is 12.8 Å². The van der Waals surface area contributed by atoms with Crippen LogP contribution >= 0.6 is 0 Å². The standard InChI is InChI=1S/C18H25N5O4/c1-21(15-12-26-13-8-4-5-9-14(13)27-15)11-7-6-10-19-16-17(24)22(2)18(25)23(3)20-16/h4-5,8-9,15H,6-7,10-12H2,1-3H3,(H,19,20). The maximum absolute atomic E-state index is 12.0. The number of anilines is 1. The minimum absolute atomic E-state index is 0.120. The molecule has 1 aromatic carbocycles. The van der Waals surface area contributed by atoms with Crippen molar-refractivity contribution in [2.24, 2.45) is 14.1 Å². The molecule has 0 spiro atoms. The summed E-state index contributed by atoms with van der Waals surface area (Å²) in [5, 5.41) is 6.98. The highest BCUT2D eigenvalue weighted by Gasteiger charge is 2.23. The van der Waals surface area contributed by atoms with Crippen molar-refractivity contribution < 1.29 is 9.47 Å². The molecule has 0 fully saturated rings. The highest BCUT2D eigenvalue weighted by atomic mass is 16.6. The molecule has 9 nitrogen and oxygen atoms in total. The van der Waals surface area contributed by atoms with Gasteiger partial charge in [-0.2, -0.15) is 0 Å². The predicted octanol–water partition coefficient (Wildman–Crippen LogP) is 0.400. The van der Waals surface area contributed by atoms with Gasteiger partial charge in [-0.25, -0.2) is 9.48 Å². The van der Waals surface area contributed by atoms with E-state index in [1.165, 1.54) is 14.1 Å². The molecular formula is C18H25N5O4. The van der Waals surface area contributed by atoms with Crippen LogP contribution in [-0.2, 0) is 14.1 Å². The second kappa shape index (κ2) is 8.26. The Labute approximate surface area is 157 Å². The number of para-hydroxylation sites is 2. The first-order valence-corrected chi connectivity index (χ1v) is 8.94. The van der Waals surface area contributed by atoms with Crippen molar-refractivity contribution >= 4 is 5.82 Å². The highest BCUT2D eigenvalue weighted by Crippen LogP contribution is 2.31. The smallest absolute Gasteiger partial charge is 0.346 e. The van der Waals surface area contributed by atoms with Gasteiger partial charge in [0.25, 0.3) is 5.56 Å². The molecule has 3 rings (SSSR count). The van der Waals surface area contributed by atoms with Gasteiger partial charge in [-0.3, -0.25) is 14.3 Å². The van der Waals surface area contributed by atoms with Crippen molar-refractivity contribution in [3.8, 4) is 11.5 Å². The minimum atomic E-state index is -0.441. The Kier molecular flexibility index (Phi) is 5.80. The maximum atomic E-state index is 12.0. The summed E-state index contributed by atoms with van der Waals surface area (Å²) >= 11 is 0. The summed E-state index contributed by atoms with van der Waals surface area (Å²) in [5.74, 6) is 1.73. The van der Waals surface area contributed by atoms with Crippen LogP contribution in [0, 0.1) is 0 Å². The van der Waals surface area contributed by atoms with Crippen LogP contribution in [0.3, 0.4) is 0 Å². The van der Waals surface area contributed by atoms with E-state index in [1.54, 1.807) is 0 Å². The molecule has 2 aromatic rings. The van der Waals surface area contributed by atoms with E-state index in [1.807, 2.05) is 31.3 Å². The summed E-state index contributed by atoms with van der Waals surface area (Å²) in [6.45, 7) is 1.92. The van der Waals surface area contributed by atoms with Crippen molar-refractivity contribution in [2.75, 3.05) is 32.1 Å². The van der Waals surface area contributed by atoms with Crippen molar-refractivity contribution in [2.45, 2.75) is 19.1 Å². The number of nitrogens with one attached hydrogen (secondary N) is 1. The first kappa shape index (κ1) is 19.0. The zero-order valence-corrected chi connectivity index (χ0v) is 15.8. The number of ether oxygens (including phenoxy) is 2. The lowest BCUT2D eigenvalue weighted by Gasteiger charge is -2.32. The molecule has 0 amide bonds. The van der Waals surface area contributed by atoms with E-state index in [-0.39, 0.29) is 12.0 Å². The van der Waals surface area contributed by atoms with E-state index in [9.17, 15) is 9.59 Å². The van der Waals surface area contributed by atoms with Crippen LogP contribution in [0.2, 0.25) is 0 Å². The molecule has 0 bridgehead atoms. The highest BCUT2D eigenvalue weighted by molar-refractivity contribution is 5.40. The first-order valence-electron chi connectivity index (χ1n) is 8.94. The second-order valence-corrected chi connectivity index (χ2v) is 6.56. The van der Waals surface area contributed by atoms with Gasteiger partial charge in [0.2, 0.25) is 5.82 Å². The second-order valence-electron chi connectivity index (χ2n) is 6.56. The Morgan fingerprint density at radius 1 is 1.22 bits per heavy atom. The molecule has 0 saturated heterocycles. The van der Waals surface area contributed by atoms with Gasteiger partial charge >= 0.3 is 5.69 Å². The van der Waals surface area contributed by atoms with Crippen LogP contribution in [0.4, 0.5) is 5.82 Å². The molecular weight excluding hydrogens is 350 g/mol. The summed E-state index contributed by atoms with van der Waals surface area (Å²) in [5.41, 5.74) is -0.856. The molecule has 1 N–H and O–H groups in total. The largest absolute Gasteiger partial charge is 0.484 e. The van der Waals surface area contributed by atoms with Crippen LogP contribution in [-0.4, -0.2) is 52.2 Å². The summed E-state index contributed by atoms with van der Waals surface area (Å²) in [6.07, 6.45) is 1.64. The average molecular weight is 375 g/mol. The SMILES string of the molecule is CN(CCCCNc1nn(C)c(=O)n(C)c1=O)C1COc2ccccc2O1. The topological polar surface area (TPSA) is 90.6 Å². The molecule has 1 aliphatic heterocycles. The summed E-state index contributed by atoms with van der Waals surface area (Å²) in [6, 6.07) is 7.65. The number of nitrogens with zero attached hydrogens (tertiary/aromatic N) is 4. The Morgan fingerprint density at radius 3 is 2.74 bits per heavy atom. The average Bonchev–Trinajstić information content (AvgIpc) is 2.69. The van der Waals surface area contributed by atoms with E-state index in [2.05, 4.69) is 15.3 Å². The molecule has 146 valence electrons. The zero-order chi connectivity index (χ0) is 19.4. The lowest BCUT2D eigenvalue weighted by atomic mass is 10.2. The number of aryl methyl sites for hydroxylation is 1. The fourth-order valence-electron chi connectivity index (χ4n) is 2.87. The summed E-state index contributed by atoms with van der Waals surface area (Å²) < 4.78 is 13.9. The fourth-order valence-corrected chi connectivity index (χ4v) is 2.87. The number of hydrogen-bond donors (Lipinski definition) is 1. The lowest BCUT2D eigenvalue weighted by molar-refractivity contribution is -0.0157. The lowest BCUT2D eigenvalue weighted by Crippen LogP contribution is -2.43. The van der Waals surface area contributed by atoms with Gasteiger partial charge in [-0.15, -0.1) is 5.10 Å². The molecule has 0 aliphatic carbocycles. The number of fused-ring (bicyclic) bond motifs is 1. The Balaban J connectivity index is 1.43. The van der Waals surface area contributed by atoms with Crippen LogP contribution in [0.25, 0.3) is 0 Å². The van der Waals surface area contributed by atoms with E-state index in [0.717, 1.165) is 40.1 Å². The summed E-state index contributed by atoms with van der Waals surface area (Å²) in [7, 11) is 4.96. The molecule has 0 saturated carbocycles. The first-order chi connectivity index (χ1) is 13.0. The Morgan fingerprint density at radius 2 is 1.96 bits per heavy atom. The number of likely N-dealkylation sites (N-methyl/N-ethyl adjacent to an activating group) is 1. The van der Waals surface area contributed by atoms with Crippen molar-refractivity contribution in [1.29, 1.82) is 0 Å². The fraction of sp³-hybridized carbons (Fsp3) is 0.500. The van der Waals surface area contributed by atoms with Gasteiger partial charge in [0.1, 0.15) is 6.61 Å². The van der Waals surface area contributed by atoms with E-state index < -0.39 is 11.2 Å². The Hall–Kier alpha value is -2.81. The van der Waals surface area contributed by atoms with E-state index in [4.69, 9.17) is 9.47 Å². The number of unbranched alkanes of at least 4 members (excludes halogenated alkanes) is 1. The quantitative estimate of drug-likeness (QED) is 0.701. The third kappa shape index (κ3) is 4.30. The molecule has 1 unspecified atom stereocenters. The minimum Gasteiger partial charge on any atom is -0.484 e. The summed E-state index contributed by atoms with van der Waals surface area (Å²) in [4.78, 5) is 25.7. The Bertz CT molecular complexity index is 907. The molecule has 27 heavy (non-hydrogen) atoms. The molecule has 1 atom stereocenters. The predicted molar refractivity (Wildman–Crippen MR) is 101 cm³/mol. The van der Waals surface area contributed by atoms with E-state index in [0.29, 0.717) is 13.2 Å². The van der Waals surface area contributed by atoms with Crippen LogP contribution < -0.4 is 26.0 Å². The maximum Gasteiger partial charge on any atom is 0.346 e. The molecule has 0 radical (unpaired) electrons. The number of benzene rings is 1. The van der Waals surface area contributed by atoms with Crippen molar-refractivity contribution in [1.82, 2.24) is 19.2 Å². The molecule has 2 heterocycles. The molecule has 1 aromatic heterocycles. The van der Waals surface area contributed by atoms with Gasteiger partial charge < -0.3 is 14.8 Å². The van der Waals surface area contributed by atoms with Gasteiger partial charge in [0.05, 0.1) is 0 Å². The van der Waals surface area contributed by atoms with Crippen LogP contribution in [0.5, 0.6) is 11.5 Å². The van der Waals surface area contributed by atoms with Gasteiger partial charge in [-0.05, 0) is 32.0 Å². The van der Waals surface area contributed by atoms with Crippen LogP contribution in [0.15, 0.2) is 33.9 Å². The monoisotopic (exact) mass is 375 g/mol. The van der Waals surface area contributed by atoms with Gasteiger partial charge in [-0.1, -0.05) is 12.1 Å². The number of hydrogen-bond acceptors (Lipinski definition) is 7. The normalized spacial score (nSPS) is 15.8.